The number of hydrogen-bond acceptors (Lipinski definition) is 5. The molecular weight excluding hydrogens is 477 g/mol. The highest BCUT2D eigenvalue weighted by Crippen LogP contribution is 2.48. The van der Waals surface area contributed by atoms with Crippen LogP contribution in [-0.2, 0) is 15.6 Å². The zero-order valence-corrected chi connectivity index (χ0v) is 21.0. The molecule has 1 saturated carbocycles. The van der Waals surface area contributed by atoms with Crippen molar-refractivity contribution >= 4 is 19.4 Å². The Balaban J connectivity index is 1.33. The summed E-state index contributed by atoms with van der Waals surface area (Å²) in [5.41, 5.74) is 4.02. The van der Waals surface area contributed by atoms with E-state index in [0.717, 1.165) is 42.5 Å². The Morgan fingerprint density at radius 1 is 0.972 bits per heavy atom. The summed E-state index contributed by atoms with van der Waals surface area (Å²) in [6.07, 6.45) is 6.99. The van der Waals surface area contributed by atoms with Gasteiger partial charge in [-0.25, -0.2) is 4.57 Å². The van der Waals surface area contributed by atoms with Crippen LogP contribution in [0.3, 0.4) is 0 Å². The molecule has 0 saturated heterocycles. The number of phosphoric ester groups is 1. The number of rotatable bonds is 5. The van der Waals surface area contributed by atoms with E-state index < -0.39 is 7.82 Å². The summed E-state index contributed by atoms with van der Waals surface area (Å²) in [5, 5.41) is 0. The van der Waals surface area contributed by atoms with Crippen molar-refractivity contribution < 1.29 is 28.1 Å². The van der Waals surface area contributed by atoms with E-state index in [4.69, 9.17) is 9.05 Å². The van der Waals surface area contributed by atoms with Crippen LogP contribution in [0, 0.1) is 5.92 Å². The molecule has 7 nitrogen and oxygen atoms in total. The number of fused-ring (bicyclic) bond motifs is 5. The maximum Gasteiger partial charge on any atom is 0.527 e. The molecule has 1 aliphatic heterocycles. The molecule has 3 aromatic rings. The maximum atomic E-state index is 13.7. The van der Waals surface area contributed by atoms with Gasteiger partial charge in [-0.1, -0.05) is 62.6 Å². The molecule has 8 heteroatoms. The second-order valence-corrected chi connectivity index (χ2v) is 11.4. The van der Waals surface area contributed by atoms with E-state index in [1.165, 1.54) is 12.5 Å². The standard InChI is InChI=1S/C28H28NO6P/c1-17-20-11-6-5-10-19(20)14-29-15-22-25(26(17)29)27(30)21-12-7-13-23(24(21)28(22)31)35-36(32,33)34-16-18-8-3-2-4-9-18/h5-7,10-13,15,17-18H,2-4,8-9,14,16H2,1H3,(H,32,33). The molecule has 1 N–H and O–H groups in total. The van der Waals surface area contributed by atoms with Crippen LogP contribution >= 0.6 is 7.82 Å². The summed E-state index contributed by atoms with van der Waals surface area (Å²) >= 11 is 0. The van der Waals surface area contributed by atoms with Gasteiger partial charge in [-0.05, 0) is 36.0 Å². The fourth-order valence-corrected chi connectivity index (χ4v) is 6.87. The van der Waals surface area contributed by atoms with Gasteiger partial charge < -0.3 is 9.09 Å². The van der Waals surface area contributed by atoms with Gasteiger partial charge in [0.1, 0.15) is 5.75 Å². The highest BCUT2D eigenvalue weighted by Gasteiger charge is 2.40. The van der Waals surface area contributed by atoms with E-state index in [1.807, 2.05) is 23.6 Å². The summed E-state index contributed by atoms with van der Waals surface area (Å²) < 4.78 is 25.5. The zero-order chi connectivity index (χ0) is 25.0. The van der Waals surface area contributed by atoms with E-state index >= 15 is 0 Å². The van der Waals surface area contributed by atoms with Crippen LogP contribution in [0.4, 0.5) is 0 Å². The second-order valence-electron chi connectivity index (χ2n) is 10.0. The van der Waals surface area contributed by atoms with Crippen LogP contribution in [-0.4, -0.2) is 27.6 Å². The number of carbonyl (C=O) groups excluding carboxylic acids is 2. The van der Waals surface area contributed by atoms with E-state index in [1.54, 1.807) is 18.3 Å². The molecule has 2 aliphatic carbocycles. The lowest BCUT2D eigenvalue weighted by Gasteiger charge is -2.27. The van der Waals surface area contributed by atoms with Gasteiger partial charge in [0.25, 0.3) is 0 Å². The Morgan fingerprint density at radius 3 is 2.53 bits per heavy atom. The predicted octanol–water partition coefficient (Wildman–Crippen LogP) is 5.85. The fourth-order valence-electron chi connectivity index (χ4n) is 6.01. The van der Waals surface area contributed by atoms with Crippen molar-refractivity contribution in [2.24, 2.45) is 5.92 Å². The summed E-state index contributed by atoms with van der Waals surface area (Å²) in [7, 11) is -4.48. The number of phosphoric acid groups is 1. The normalized spacial score (nSPS) is 20.7. The van der Waals surface area contributed by atoms with Crippen LogP contribution in [0.25, 0.3) is 0 Å². The Labute approximate surface area is 209 Å². The third-order valence-electron chi connectivity index (χ3n) is 7.77. The second kappa shape index (κ2) is 8.84. The Bertz CT molecular complexity index is 1430. The zero-order valence-electron chi connectivity index (χ0n) is 20.1. The average Bonchev–Trinajstić information content (AvgIpc) is 3.27. The Hall–Kier alpha value is -2.99. The molecule has 1 aromatic heterocycles. The number of nitrogens with zero attached hydrogens (tertiary/aromatic N) is 1. The Morgan fingerprint density at radius 2 is 1.72 bits per heavy atom. The molecule has 0 spiro atoms. The molecule has 2 atom stereocenters. The lowest BCUT2D eigenvalue weighted by molar-refractivity contribution is 0.0976. The lowest BCUT2D eigenvalue weighted by Crippen LogP contribution is -2.23. The molecule has 0 bridgehead atoms. The SMILES string of the molecule is CC1c2ccccc2Cn2cc3c(c21)C(=O)c1cccc(OP(=O)(O)OCC2CCCCC2)c1C3=O. The van der Waals surface area contributed by atoms with Crippen molar-refractivity contribution in [3.63, 3.8) is 0 Å². The van der Waals surface area contributed by atoms with E-state index in [0.29, 0.717) is 17.7 Å². The maximum absolute atomic E-state index is 13.7. The van der Waals surface area contributed by atoms with Gasteiger partial charge in [-0.2, -0.15) is 0 Å². The van der Waals surface area contributed by atoms with Crippen molar-refractivity contribution in [1.29, 1.82) is 0 Å². The van der Waals surface area contributed by atoms with Crippen molar-refractivity contribution in [3.05, 3.63) is 87.7 Å². The number of ketones is 2. The minimum Gasteiger partial charge on any atom is -0.403 e. The van der Waals surface area contributed by atoms with Gasteiger partial charge in [0.15, 0.2) is 11.6 Å². The Kier molecular flexibility index (Phi) is 5.75. The van der Waals surface area contributed by atoms with Gasteiger partial charge in [0.2, 0.25) is 0 Å². The van der Waals surface area contributed by atoms with Crippen LogP contribution in [0.1, 0.15) is 93.6 Å². The molecular formula is C28H28NO6P. The highest BCUT2D eigenvalue weighted by atomic mass is 31.2. The summed E-state index contributed by atoms with van der Waals surface area (Å²) in [4.78, 5) is 37.8. The fraction of sp³-hybridized carbons (Fsp3) is 0.357. The first-order valence-corrected chi connectivity index (χ1v) is 14.0. The molecule has 2 aromatic carbocycles. The third kappa shape index (κ3) is 3.86. The predicted molar refractivity (Wildman–Crippen MR) is 134 cm³/mol. The quantitative estimate of drug-likeness (QED) is 0.342. The number of hydrogen-bond donors (Lipinski definition) is 1. The molecule has 2 unspecified atom stereocenters. The first-order chi connectivity index (χ1) is 17.3. The average molecular weight is 506 g/mol. The first-order valence-electron chi connectivity index (χ1n) is 12.5. The van der Waals surface area contributed by atoms with Crippen LogP contribution in [0.15, 0.2) is 48.7 Å². The molecule has 36 heavy (non-hydrogen) atoms. The van der Waals surface area contributed by atoms with E-state index in [9.17, 15) is 19.0 Å². The largest absolute Gasteiger partial charge is 0.527 e. The number of carbonyl (C=O) groups is 2. The minimum atomic E-state index is -4.48. The molecule has 1 fully saturated rings. The molecule has 2 heterocycles. The van der Waals surface area contributed by atoms with Gasteiger partial charge in [0.05, 0.1) is 23.3 Å². The van der Waals surface area contributed by atoms with Gasteiger partial charge in [-0.15, -0.1) is 0 Å². The topological polar surface area (TPSA) is 94.8 Å². The molecule has 3 aliphatic rings. The molecule has 0 radical (unpaired) electrons. The number of aromatic nitrogens is 1. The summed E-state index contributed by atoms with van der Waals surface area (Å²) in [6.45, 7) is 2.75. The van der Waals surface area contributed by atoms with Crippen LogP contribution in [0.5, 0.6) is 5.75 Å². The van der Waals surface area contributed by atoms with Crippen molar-refractivity contribution in [1.82, 2.24) is 4.57 Å². The summed E-state index contributed by atoms with van der Waals surface area (Å²) in [5.74, 6) is -0.604. The van der Waals surface area contributed by atoms with Crippen LogP contribution in [0.2, 0.25) is 0 Å². The number of benzene rings is 2. The van der Waals surface area contributed by atoms with Crippen molar-refractivity contribution in [2.45, 2.75) is 51.5 Å². The van der Waals surface area contributed by atoms with Gasteiger partial charge in [-0.3, -0.25) is 19.0 Å². The minimum absolute atomic E-state index is 0.0126. The molecule has 0 amide bonds. The summed E-state index contributed by atoms with van der Waals surface area (Å²) in [6, 6.07) is 12.7. The van der Waals surface area contributed by atoms with Crippen LogP contribution < -0.4 is 4.52 Å². The highest BCUT2D eigenvalue weighted by molar-refractivity contribution is 7.47. The van der Waals surface area contributed by atoms with Gasteiger partial charge >= 0.3 is 7.82 Å². The smallest absolute Gasteiger partial charge is 0.403 e. The first kappa shape index (κ1) is 23.4. The molecule has 186 valence electrons. The molecule has 6 rings (SSSR count). The van der Waals surface area contributed by atoms with E-state index in [-0.39, 0.29) is 46.9 Å². The van der Waals surface area contributed by atoms with Crippen molar-refractivity contribution in [3.8, 4) is 5.75 Å². The third-order valence-corrected chi connectivity index (χ3v) is 8.68. The monoisotopic (exact) mass is 505 g/mol. The van der Waals surface area contributed by atoms with Gasteiger partial charge in [0, 0.05) is 29.9 Å². The van der Waals surface area contributed by atoms with Crippen molar-refractivity contribution in [2.75, 3.05) is 6.61 Å². The van der Waals surface area contributed by atoms with E-state index in [2.05, 4.69) is 12.1 Å². The lowest BCUT2D eigenvalue weighted by atomic mass is 9.81.